The van der Waals surface area contributed by atoms with Gasteiger partial charge in [0.1, 0.15) is 4.21 Å². The average molecular weight is 388 g/mol. The minimum atomic E-state index is -3.55. The summed E-state index contributed by atoms with van der Waals surface area (Å²) in [7, 11) is -3.55. The highest BCUT2D eigenvalue weighted by Crippen LogP contribution is 2.28. The number of hydrogen-bond donors (Lipinski definition) is 2. The molecule has 8 heteroatoms. The van der Waals surface area contributed by atoms with Crippen LogP contribution in [0.25, 0.3) is 0 Å². The Morgan fingerprint density at radius 1 is 1.33 bits per heavy atom. The number of anilines is 1. The van der Waals surface area contributed by atoms with Gasteiger partial charge < -0.3 is 5.32 Å². The molecule has 0 radical (unpaired) electrons. The summed E-state index contributed by atoms with van der Waals surface area (Å²) in [4.78, 5) is 4.94. The molecule has 112 valence electrons. The van der Waals surface area contributed by atoms with E-state index in [4.69, 9.17) is 0 Å². The molecule has 2 aromatic heterocycles. The zero-order valence-electron chi connectivity index (χ0n) is 11.0. The first kappa shape index (κ1) is 15.0. The van der Waals surface area contributed by atoms with Gasteiger partial charge in [0.25, 0.3) is 10.0 Å². The van der Waals surface area contributed by atoms with Gasteiger partial charge in [-0.1, -0.05) is 0 Å². The molecule has 2 N–H and O–H groups in total. The highest BCUT2D eigenvalue weighted by molar-refractivity contribution is 9.10. The van der Waals surface area contributed by atoms with Crippen LogP contribution < -0.4 is 10.0 Å². The van der Waals surface area contributed by atoms with Crippen molar-refractivity contribution in [2.75, 3.05) is 4.72 Å². The molecule has 0 amide bonds. The fourth-order valence-corrected chi connectivity index (χ4v) is 4.65. The number of halogens is 1. The summed E-state index contributed by atoms with van der Waals surface area (Å²) in [6, 6.07) is 5.73. The summed E-state index contributed by atoms with van der Waals surface area (Å²) < 4.78 is 28.2. The van der Waals surface area contributed by atoms with Gasteiger partial charge in [-0.3, -0.25) is 9.71 Å². The van der Waals surface area contributed by atoms with Gasteiger partial charge in [-0.15, -0.1) is 11.3 Å². The first-order valence-corrected chi connectivity index (χ1v) is 9.58. The lowest BCUT2D eigenvalue weighted by Crippen LogP contribution is -2.14. The topological polar surface area (TPSA) is 71.1 Å². The third-order valence-electron chi connectivity index (χ3n) is 3.06. The molecular formula is C13H14BrN3O2S2. The Bertz CT molecular complexity index is 741. The average Bonchev–Trinajstić information content (AvgIpc) is 3.15. The minimum absolute atomic E-state index is 0.318. The summed E-state index contributed by atoms with van der Waals surface area (Å²) in [5.74, 6) is 0. The molecule has 3 rings (SSSR count). The van der Waals surface area contributed by atoms with Crippen molar-refractivity contribution in [2.24, 2.45) is 0 Å². The van der Waals surface area contributed by atoms with E-state index < -0.39 is 10.0 Å². The third-order valence-corrected chi connectivity index (χ3v) is 6.64. The maximum atomic E-state index is 12.4. The van der Waals surface area contributed by atoms with Gasteiger partial charge in [-0.25, -0.2) is 8.42 Å². The van der Waals surface area contributed by atoms with Gasteiger partial charge in [0, 0.05) is 29.9 Å². The number of sulfonamides is 1. The normalized spacial score (nSPS) is 15.1. The highest BCUT2D eigenvalue weighted by Gasteiger charge is 2.22. The number of rotatable bonds is 6. The smallest absolute Gasteiger partial charge is 0.271 e. The van der Waals surface area contributed by atoms with Crippen LogP contribution in [-0.4, -0.2) is 19.4 Å². The molecule has 0 aromatic carbocycles. The number of aromatic nitrogens is 1. The Morgan fingerprint density at radius 3 is 2.86 bits per heavy atom. The van der Waals surface area contributed by atoms with Gasteiger partial charge in [0.2, 0.25) is 0 Å². The van der Waals surface area contributed by atoms with E-state index in [1.54, 1.807) is 24.5 Å². The van der Waals surface area contributed by atoms with Crippen molar-refractivity contribution in [1.82, 2.24) is 10.3 Å². The molecule has 0 spiro atoms. The van der Waals surface area contributed by atoms with Crippen LogP contribution in [-0.2, 0) is 16.6 Å². The van der Waals surface area contributed by atoms with Crippen molar-refractivity contribution in [1.29, 1.82) is 0 Å². The summed E-state index contributed by atoms with van der Waals surface area (Å²) >= 11 is 4.57. The van der Waals surface area contributed by atoms with Crippen LogP contribution in [0.4, 0.5) is 5.69 Å². The molecule has 21 heavy (non-hydrogen) atoms. The SMILES string of the molecule is O=S(=O)(Nc1ccncc1Br)c1ccc(CNC2CC2)s1. The van der Waals surface area contributed by atoms with E-state index in [2.05, 4.69) is 31.0 Å². The number of thiophene rings is 1. The predicted octanol–water partition coefficient (Wildman–Crippen LogP) is 2.96. The van der Waals surface area contributed by atoms with E-state index in [1.165, 1.54) is 24.2 Å². The zero-order valence-corrected chi connectivity index (χ0v) is 14.3. The second-order valence-electron chi connectivity index (χ2n) is 4.84. The minimum Gasteiger partial charge on any atom is -0.309 e. The maximum absolute atomic E-state index is 12.4. The third kappa shape index (κ3) is 3.82. The zero-order chi connectivity index (χ0) is 14.9. The van der Waals surface area contributed by atoms with Crippen molar-refractivity contribution in [3.63, 3.8) is 0 Å². The number of pyridine rings is 1. The molecule has 5 nitrogen and oxygen atoms in total. The van der Waals surface area contributed by atoms with E-state index in [9.17, 15) is 8.42 Å². The second kappa shape index (κ2) is 6.04. The standard InChI is InChI=1S/C13H14BrN3O2S2/c14-11-8-15-6-5-12(11)17-21(18,19)13-4-3-10(20-13)7-16-9-1-2-9/h3-6,8-9,16H,1-2,7H2,(H,15,17). The van der Waals surface area contributed by atoms with E-state index >= 15 is 0 Å². The monoisotopic (exact) mass is 387 g/mol. The van der Waals surface area contributed by atoms with Gasteiger partial charge in [-0.2, -0.15) is 0 Å². The largest absolute Gasteiger partial charge is 0.309 e. The van der Waals surface area contributed by atoms with Crippen LogP contribution in [0, 0.1) is 0 Å². The maximum Gasteiger partial charge on any atom is 0.271 e. The van der Waals surface area contributed by atoms with E-state index in [0.717, 1.165) is 11.4 Å². The molecule has 0 aliphatic heterocycles. The molecule has 1 fully saturated rings. The first-order chi connectivity index (χ1) is 10.0. The number of hydrogen-bond acceptors (Lipinski definition) is 5. The van der Waals surface area contributed by atoms with Crippen molar-refractivity contribution in [2.45, 2.75) is 29.6 Å². The van der Waals surface area contributed by atoms with Gasteiger partial charge in [0.05, 0.1) is 10.2 Å². The summed E-state index contributed by atoms with van der Waals surface area (Å²) in [6.45, 7) is 0.726. The second-order valence-corrected chi connectivity index (χ2v) is 8.77. The fourth-order valence-electron chi connectivity index (χ4n) is 1.78. The van der Waals surface area contributed by atoms with Crippen molar-refractivity contribution in [3.05, 3.63) is 39.9 Å². The Kier molecular flexibility index (Phi) is 4.30. The molecule has 0 atom stereocenters. The summed E-state index contributed by atoms with van der Waals surface area (Å²) in [6.07, 6.45) is 5.53. The predicted molar refractivity (Wildman–Crippen MR) is 86.9 cm³/mol. The van der Waals surface area contributed by atoms with Crippen molar-refractivity contribution >= 4 is 43.0 Å². The summed E-state index contributed by atoms with van der Waals surface area (Å²) in [5.41, 5.74) is 0.482. The van der Waals surface area contributed by atoms with E-state index in [-0.39, 0.29) is 0 Å². The Labute approximate surface area is 136 Å². The Hall–Kier alpha value is -0.960. The lowest BCUT2D eigenvalue weighted by atomic mass is 10.4. The molecule has 0 saturated heterocycles. The molecule has 1 aliphatic carbocycles. The van der Waals surface area contributed by atoms with Gasteiger partial charge in [-0.05, 0) is 47.0 Å². The van der Waals surface area contributed by atoms with Crippen LogP contribution >= 0.6 is 27.3 Å². The highest BCUT2D eigenvalue weighted by atomic mass is 79.9. The van der Waals surface area contributed by atoms with Crippen molar-refractivity contribution in [3.8, 4) is 0 Å². The van der Waals surface area contributed by atoms with Crippen molar-refractivity contribution < 1.29 is 8.42 Å². The van der Waals surface area contributed by atoms with Gasteiger partial charge in [0.15, 0.2) is 0 Å². The summed E-state index contributed by atoms with van der Waals surface area (Å²) in [5, 5.41) is 3.38. The lowest BCUT2D eigenvalue weighted by Gasteiger charge is -2.07. The number of nitrogens with zero attached hydrogens (tertiary/aromatic N) is 1. The van der Waals surface area contributed by atoms with Crippen LogP contribution in [0.5, 0.6) is 0 Å². The van der Waals surface area contributed by atoms with Crippen LogP contribution in [0.1, 0.15) is 17.7 Å². The van der Waals surface area contributed by atoms with Crippen LogP contribution in [0.2, 0.25) is 0 Å². The van der Waals surface area contributed by atoms with E-state index in [1.807, 2.05) is 6.07 Å². The van der Waals surface area contributed by atoms with E-state index in [0.29, 0.717) is 20.4 Å². The quantitative estimate of drug-likeness (QED) is 0.798. The fraction of sp³-hybridized carbons (Fsp3) is 0.308. The van der Waals surface area contributed by atoms with Crippen LogP contribution in [0.15, 0.2) is 39.3 Å². The molecule has 0 bridgehead atoms. The molecular weight excluding hydrogens is 374 g/mol. The lowest BCUT2D eigenvalue weighted by molar-refractivity contribution is 0.603. The number of nitrogens with one attached hydrogen (secondary N) is 2. The molecule has 2 aromatic rings. The first-order valence-electron chi connectivity index (χ1n) is 6.49. The van der Waals surface area contributed by atoms with Crippen LogP contribution in [0.3, 0.4) is 0 Å². The molecule has 2 heterocycles. The Morgan fingerprint density at radius 2 is 2.14 bits per heavy atom. The molecule has 1 saturated carbocycles. The van der Waals surface area contributed by atoms with Gasteiger partial charge >= 0.3 is 0 Å². The molecule has 1 aliphatic rings. The Balaban J connectivity index is 1.73. The molecule has 0 unspecified atom stereocenters.